The summed E-state index contributed by atoms with van der Waals surface area (Å²) in [6.45, 7) is 6.52. The smallest absolute Gasteiger partial charge is 0.262 e. The molecule has 1 N–H and O–H groups in total. The summed E-state index contributed by atoms with van der Waals surface area (Å²) < 4.78 is 6.16. The van der Waals surface area contributed by atoms with Gasteiger partial charge in [-0.3, -0.25) is 4.79 Å². The number of thioether (sulfide) groups is 2. The third-order valence-electron chi connectivity index (χ3n) is 4.38. The predicted octanol–water partition coefficient (Wildman–Crippen LogP) is 5.87. The van der Waals surface area contributed by atoms with E-state index < -0.39 is 0 Å². The van der Waals surface area contributed by atoms with Gasteiger partial charge < -0.3 is 10.1 Å². The van der Waals surface area contributed by atoms with Crippen molar-refractivity contribution in [2.24, 2.45) is 0 Å². The summed E-state index contributed by atoms with van der Waals surface area (Å²) in [6, 6.07) is 16.1. The van der Waals surface area contributed by atoms with Crippen LogP contribution in [0.2, 0.25) is 0 Å². The van der Waals surface area contributed by atoms with Crippen molar-refractivity contribution in [3.63, 3.8) is 0 Å². The Balaban J connectivity index is 1.48. The molecule has 5 heteroatoms. The fourth-order valence-electron chi connectivity index (χ4n) is 2.80. The van der Waals surface area contributed by atoms with Crippen LogP contribution in [-0.2, 0) is 10.2 Å². The Morgan fingerprint density at radius 3 is 2.26 bits per heavy atom. The lowest BCUT2D eigenvalue weighted by Gasteiger charge is -2.21. The summed E-state index contributed by atoms with van der Waals surface area (Å²) in [6.07, 6.45) is 1.29. The van der Waals surface area contributed by atoms with E-state index in [2.05, 4.69) is 50.4 Å². The van der Waals surface area contributed by atoms with Gasteiger partial charge in [0.15, 0.2) is 6.61 Å². The molecule has 2 aromatic carbocycles. The van der Waals surface area contributed by atoms with Crippen molar-refractivity contribution in [3.8, 4) is 5.75 Å². The van der Waals surface area contributed by atoms with Gasteiger partial charge in [0.05, 0.1) is 4.58 Å². The van der Waals surface area contributed by atoms with Gasteiger partial charge in [-0.15, -0.1) is 23.5 Å². The molecule has 1 aliphatic rings. The van der Waals surface area contributed by atoms with Gasteiger partial charge in [0.2, 0.25) is 0 Å². The first-order chi connectivity index (χ1) is 12.9. The summed E-state index contributed by atoms with van der Waals surface area (Å²) in [4.78, 5) is 12.1. The minimum Gasteiger partial charge on any atom is -0.484 e. The molecule has 0 bridgehead atoms. The summed E-state index contributed by atoms with van der Waals surface area (Å²) >= 11 is 4.00. The third kappa shape index (κ3) is 5.94. The SMILES string of the molecule is CC(C)(C)c1ccc(NC(=O)COc2ccc(C3SCCCS3)cc2)cc1. The van der Waals surface area contributed by atoms with E-state index in [-0.39, 0.29) is 17.9 Å². The van der Waals surface area contributed by atoms with Crippen LogP contribution in [0.25, 0.3) is 0 Å². The standard InChI is InChI=1S/C22H27NO2S2/c1-22(2,3)17-7-9-18(10-8-17)23-20(24)15-25-19-11-5-16(6-12-19)21-26-13-4-14-27-21/h5-12,21H,4,13-15H2,1-3H3,(H,23,24). The van der Waals surface area contributed by atoms with E-state index in [9.17, 15) is 4.79 Å². The number of nitrogens with one attached hydrogen (secondary N) is 1. The van der Waals surface area contributed by atoms with Crippen molar-refractivity contribution in [2.45, 2.75) is 37.2 Å². The quantitative estimate of drug-likeness (QED) is 0.680. The summed E-state index contributed by atoms with van der Waals surface area (Å²) in [5, 5.41) is 2.88. The Hall–Kier alpha value is -1.59. The molecule has 1 heterocycles. The second-order valence-electron chi connectivity index (χ2n) is 7.66. The van der Waals surface area contributed by atoms with Crippen molar-refractivity contribution in [3.05, 3.63) is 59.7 Å². The van der Waals surface area contributed by atoms with Gasteiger partial charge in [0.25, 0.3) is 5.91 Å². The van der Waals surface area contributed by atoms with E-state index in [0.29, 0.717) is 4.58 Å². The summed E-state index contributed by atoms with van der Waals surface area (Å²) in [5.74, 6) is 3.03. The topological polar surface area (TPSA) is 38.3 Å². The normalized spacial score (nSPS) is 15.4. The number of ether oxygens (including phenoxy) is 1. The summed E-state index contributed by atoms with van der Waals surface area (Å²) in [7, 11) is 0. The lowest BCUT2D eigenvalue weighted by Crippen LogP contribution is -2.20. The zero-order valence-corrected chi connectivity index (χ0v) is 17.8. The van der Waals surface area contributed by atoms with Crippen LogP contribution in [0.1, 0.15) is 42.9 Å². The third-order valence-corrected chi connectivity index (χ3v) is 7.40. The van der Waals surface area contributed by atoms with Crippen LogP contribution in [-0.4, -0.2) is 24.0 Å². The fraction of sp³-hybridized carbons (Fsp3) is 0.409. The van der Waals surface area contributed by atoms with Gasteiger partial charge in [-0.05, 0) is 58.7 Å². The molecule has 1 fully saturated rings. The molecule has 27 heavy (non-hydrogen) atoms. The van der Waals surface area contributed by atoms with E-state index in [1.807, 2.05) is 47.8 Å². The number of benzene rings is 2. The average molecular weight is 402 g/mol. The molecule has 3 rings (SSSR count). The Bertz CT molecular complexity index is 745. The van der Waals surface area contributed by atoms with Gasteiger partial charge in [-0.25, -0.2) is 0 Å². The number of carbonyl (C=O) groups is 1. The maximum atomic E-state index is 12.1. The molecule has 0 spiro atoms. The highest BCUT2D eigenvalue weighted by Gasteiger charge is 2.16. The molecule has 1 saturated heterocycles. The van der Waals surface area contributed by atoms with Crippen LogP contribution in [0, 0.1) is 0 Å². The molecular weight excluding hydrogens is 374 g/mol. The number of hydrogen-bond acceptors (Lipinski definition) is 4. The van der Waals surface area contributed by atoms with Crippen LogP contribution in [0.3, 0.4) is 0 Å². The highest BCUT2D eigenvalue weighted by molar-refractivity contribution is 8.16. The minimum absolute atomic E-state index is 0.00724. The molecule has 0 aliphatic carbocycles. The van der Waals surface area contributed by atoms with Crippen LogP contribution in [0.4, 0.5) is 5.69 Å². The molecular formula is C22H27NO2S2. The number of carbonyl (C=O) groups excluding carboxylic acids is 1. The Morgan fingerprint density at radius 2 is 1.67 bits per heavy atom. The van der Waals surface area contributed by atoms with Crippen LogP contribution < -0.4 is 10.1 Å². The van der Waals surface area contributed by atoms with Crippen LogP contribution >= 0.6 is 23.5 Å². The Labute approximate surface area is 170 Å². The fourth-order valence-corrected chi connectivity index (χ4v) is 5.70. The molecule has 0 radical (unpaired) electrons. The highest BCUT2D eigenvalue weighted by atomic mass is 32.2. The average Bonchev–Trinajstić information content (AvgIpc) is 2.67. The maximum Gasteiger partial charge on any atom is 0.262 e. The molecule has 0 saturated carbocycles. The van der Waals surface area contributed by atoms with E-state index in [4.69, 9.17) is 4.74 Å². The second-order valence-corrected chi connectivity index (χ2v) is 10.4. The summed E-state index contributed by atoms with van der Waals surface area (Å²) in [5.41, 5.74) is 3.46. The van der Waals surface area contributed by atoms with E-state index in [0.717, 1.165) is 11.4 Å². The van der Waals surface area contributed by atoms with E-state index in [1.165, 1.54) is 29.1 Å². The minimum atomic E-state index is -0.152. The first-order valence-corrected chi connectivity index (χ1v) is 11.4. The van der Waals surface area contributed by atoms with Gasteiger partial charge in [0, 0.05) is 5.69 Å². The number of anilines is 1. The van der Waals surface area contributed by atoms with Gasteiger partial charge in [-0.1, -0.05) is 45.0 Å². The first kappa shape index (κ1) is 20.2. The molecule has 1 aliphatic heterocycles. The molecule has 3 nitrogen and oxygen atoms in total. The number of rotatable bonds is 5. The lowest BCUT2D eigenvalue weighted by molar-refractivity contribution is -0.118. The molecule has 2 aromatic rings. The maximum absolute atomic E-state index is 12.1. The van der Waals surface area contributed by atoms with Crippen molar-refractivity contribution in [1.29, 1.82) is 0 Å². The largest absolute Gasteiger partial charge is 0.484 e. The second kappa shape index (κ2) is 9.07. The van der Waals surface area contributed by atoms with Gasteiger partial charge in [-0.2, -0.15) is 0 Å². The van der Waals surface area contributed by atoms with Crippen LogP contribution in [0.15, 0.2) is 48.5 Å². The zero-order valence-electron chi connectivity index (χ0n) is 16.2. The lowest BCUT2D eigenvalue weighted by atomic mass is 9.87. The van der Waals surface area contributed by atoms with Crippen molar-refractivity contribution in [2.75, 3.05) is 23.4 Å². The Kier molecular flexibility index (Phi) is 6.77. The zero-order chi connectivity index (χ0) is 19.3. The van der Waals surface area contributed by atoms with Crippen LogP contribution in [0.5, 0.6) is 5.75 Å². The molecule has 0 aromatic heterocycles. The Morgan fingerprint density at radius 1 is 1.04 bits per heavy atom. The highest BCUT2D eigenvalue weighted by Crippen LogP contribution is 2.43. The monoisotopic (exact) mass is 401 g/mol. The molecule has 144 valence electrons. The van der Waals surface area contributed by atoms with Crippen molar-refractivity contribution < 1.29 is 9.53 Å². The molecule has 1 amide bonds. The van der Waals surface area contributed by atoms with Gasteiger partial charge >= 0.3 is 0 Å². The molecule has 0 unspecified atom stereocenters. The first-order valence-electron chi connectivity index (χ1n) is 9.28. The van der Waals surface area contributed by atoms with Crippen molar-refractivity contribution >= 4 is 35.1 Å². The van der Waals surface area contributed by atoms with E-state index in [1.54, 1.807) is 0 Å². The van der Waals surface area contributed by atoms with E-state index >= 15 is 0 Å². The molecule has 0 atom stereocenters. The van der Waals surface area contributed by atoms with Crippen molar-refractivity contribution in [1.82, 2.24) is 0 Å². The number of amides is 1. The number of hydrogen-bond donors (Lipinski definition) is 1. The van der Waals surface area contributed by atoms with Gasteiger partial charge in [0.1, 0.15) is 5.75 Å². The predicted molar refractivity (Wildman–Crippen MR) is 118 cm³/mol.